The van der Waals surface area contributed by atoms with Crippen LogP contribution in [0.15, 0.2) is 82.5 Å². The van der Waals surface area contributed by atoms with Gasteiger partial charge in [0.25, 0.3) is 5.56 Å². The van der Waals surface area contributed by atoms with Crippen molar-refractivity contribution in [1.82, 2.24) is 8.87 Å². The molecule has 2 aliphatic rings. The van der Waals surface area contributed by atoms with Crippen molar-refractivity contribution in [2.45, 2.75) is 23.8 Å². The number of aromatic nitrogens is 1. The van der Waals surface area contributed by atoms with Crippen molar-refractivity contribution < 1.29 is 8.42 Å². The van der Waals surface area contributed by atoms with E-state index in [1.165, 1.54) is 4.70 Å². The van der Waals surface area contributed by atoms with E-state index >= 15 is 0 Å². The monoisotopic (exact) mass is 462 g/mol. The van der Waals surface area contributed by atoms with Gasteiger partial charge in [-0.3, -0.25) is 4.79 Å². The van der Waals surface area contributed by atoms with Gasteiger partial charge < -0.3 is 4.57 Å². The summed E-state index contributed by atoms with van der Waals surface area (Å²) in [7, 11) is -3.54. The summed E-state index contributed by atoms with van der Waals surface area (Å²) in [5, 5.41) is 1.15. The van der Waals surface area contributed by atoms with Crippen molar-refractivity contribution in [3.63, 3.8) is 0 Å². The zero-order valence-corrected chi connectivity index (χ0v) is 19.0. The molecule has 1 fully saturated rings. The second kappa shape index (κ2) is 7.40. The van der Waals surface area contributed by atoms with Gasteiger partial charge in [-0.1, -0.05) is 36.4 Å². The van der Waals surface area contributed by atoms with Crippen LogP contribution >= 0.6 is 11.3 Å². The van der Waals surface area contributed by atoms with Crippen molar-refractivity contribution in [3.8, 4) is 10.4 Å². The van der Waals surface area contributed by atoms with Gasteiger partial charge in [0.2, 0.25) is 10.0 Å². The van der Waals surface area contributed by atoms with Crippen LogP contribution in [0.2, 0.25) is 0 Å². The van der Waals surface area contributed by atoms with Gasteiger partial charge in [-0.15, -0.1) is 11.3 Å². The zero-order chi connectivity index (χ0) is 21.9. The van der Waals surface area contributed by atoms with Gasteiger partial charge in [-0.2, -0.15) is 4.31 Å². The van der Waals surface area contributed by atoms with Crippen LogP contribution in [-0.2, 0) is 16.6 Å². The van der Waals surface area contributed by atoms with Gasteiger partial charge in [0, 0.05) is 40.8 Å². The molecule has 32 heavy (non-hydrogen) atoms. The van der Waals surface area contributed by atoms with E-state index in [9.17, 15) is 13.2 Å². The van der Waals surface area contributed by atoms with Crippen molar-refractivity contribution in [1.29, 1.82) is 0 Å². The van der Waals surface area contributed by atoms with Gasteiger partial charge in [0.15, 0.2) is 0 Å². The fourth-order valence-corrected chi connectivity index (χ4v) is 7.80. The number of piperidine rings is 1. The van der Waals surface area contributed by atoms with E-state index in [-0.39, 0.29) is 17.4 Å². The molecular formula is C25H22N2O3S2. The number of pyridine rings is 1. The third-order valence-electron chi connectivity index (χ3n) is 6.64. The van der Waals surface area contributed by atoms with Gasteiger partial charge in [0.05, 0.1) is 10.5 Å². The predicted molar refractivity (Wildman–Crippen MR) is 128 cm³/mol. The minimum atomic E-state index is -3.54. The molecule has 7 heteroatoms. The first-order valence-electron chi connectivity index (χ1n) is 10.8. The highest BCUT2D eigenvalue weighted by molar-refractivity contribution is 7.89. The lowest BCUT2D eigenvalue weighted by atomic mass is 9.84. The number of rotatable bonds is 3. The second-order valence-corrected chi connectivity index (χ2v) is 11.7. The molecule has 1 saturated heterocycles. The molecule has 4 aromatic rings. The van der Waals surface area contributed by atoms with Crippen LogP contribution in [0.1, 0.15) is 18.0 Å². The Bertz CT molecular complexity index is 1460. The van der Waals surface area contributed by atoms with Crippen LogP contribution in [0, 0.1) is 5.92 Å². The Morgan fingerprint density at radius 2 is 1.66 bits per heavy atom. The number of fused-ring (bicyclic) bond motifs is 5. The highest BCUT2D eigenvalue weighted by Crippen LogP contribution is 2.38. The molecule has 2 unspecified atom stereocenters. The Kier molecular flexibility index (Phi) is 4.61. The molecule has 162 valence electrons. The maximum absolute atomic E-state index is 13.5. The quantitative estimate of drug-likeness (QED) is 0.449. The minimum absolute atomic E-state index is 0.0307. The zero-order valence-electron chi connectivity index (χ0n) is 17.3. The van der Waals surface area contributed by atoms with E-state index in [0.29, 0.717) is 24.5 Å². The molecule has 0 radical (unpaired) electrons. The summed E-state index contributed by atoms with van der Waals surface area (Å²) in [6, 6.07) is 22.8. The Hall–Kier alpha value is -2.74. The van der Waals surface area contributed by atoms with Crippen molar-refractivity contribution >= 4 is 31.4 Å². The molecule has 6 rings (SSSR count). The molecule has 0 amide bonds. The molecule has 0 saturated carbocycles. The van der Waals surface area contributed by atoms with E-state index in [0.717, 1.165) is 27.9 Å². The summed E-state index contributed by atoms with van der Waals surface area (Å²) in [6.07, 6.45) is 0.919. The first kappa shape index (κ1) is 19.9. The van der Waals surface area contributed by atoms with Gasteiger partial charge >= 0.3 is 0 Å². The molecule has 5 nitrogen and oxygen atoms in total. The highest BCUT2D eigenvalue weighted by Gasteiger charge is 2.39. The molecule has 0 N–H and O–H groups in total. The number of hydrogen-bond acceptors (Lipinski definition) is 4. The first-order chi connectivity index (χ1) is 15.5. The first-order valence-corrected chi connectivity index (χ1v) is 13.0. The molecule has 2 aromatic heterocycles. The van der Waals surface area contributed by atoms with Crippen LogP contribution in [0.5, 0.6) is 0 Å². The molecule has 2 bridgehead atoms. The summed E-state index contributed by atoms with van der Waals surface area (Å²) in [4.78, 5) is 14.8. The third kappa shape index (κ3) is 3.15. The lowest BCUT2D eigenvalue weighted by Crippen LogP contribution is -2.49. The standard InChI is InChI=1S/C25H22N2O3S2/c28-25-21(24-13-18-6-4-5-9-23(18)31-24)10-11-22-19-12-17(15-27(22)25)14-26(16-19)32(29,30)20-7-2-1-3-8-20/h1-11,13,17,19H,12,14-16H2. The Morgan fingerprint density at radius 3 is 2.47 bits per heavy atom. The van der Waals surface area contributed by atoms with Crippen LogP contribution in [-0.4, -0.2) is 30.4 Å². The number of hydrogen-bond donors (Lipinski definition) is 0. The van der Waals surface area contributed by atoms with Crippen LogP contribution < -0.4 is 5.56 Å². The molecule has 2 atom stereocenters. The maximum atomic E-state index is 13.5. The van der Waals surface area contributed by atoms with Gasteiger partial charge in [-0.05, 0) is 54.1 Å². The molecule has 0 spiro atoms. The lowest BCUT2D eigenvalue weighted by molar-refractivity contribution is 0.186. The third-order valence-corrected chi connectivity index (χ3v) is 9.64. The Morgan fingerprint density at radius 1 is 0.875 bits per heavy atom. The fourth-order valence-electron chi connectivity index (χ4n) is 5.14. The van der Waals surface area contributed by atoms with Gasteiger partial charge in [-0.25, -0.2) is 8.42 Å². The second-order valence-electron chi connectivity index (χ2n) is 8.67. The lowest BCUT2D eigenvalue weighted by Gasteiger charge is -2.42. The summed E-state index contributed by atoms with van der Waals surface area (Å²) in [6.45, 7) is 1.42. The average Bonchev–Trinajstić information content (AvgIpc) is 3.24. The highest BCUT2D eigenvalue weighted by atomic mass is 32.2. The smallest absolute Gasteiger partial charge is 0.259 e. The van der Waals surface area contributed by atoms with Gasteiger partial charge in [0.1, 0.15) is 0 Å². The molecule has 4 heterocycles. The summed E-state index contributed by atoms with van der Waals surface area (Å²) >= 11 is 1.64. The van der Waals surface area contributed by atoms with E-state index < -0.39 is 10.0 Å². The van der Waals surface area contributed by atoms with E-state index in [4.69, 9.17) is 0 Å². The average molecular weight is 463 g/mol. The largest absolute Gasteiger partial charge is 0.311 e. The van der Waals surface area contributed by atoms with Crippen LogP contribution in [0.25, 0.3) is 20.5 Å². The molecule has 0 aliphatic carbocycles. The fraction of sp³-hybridized carbons (Fsp3) is 0.240. The number of nitrogens with zero attached hydrogens (tertiary/aromatic N) is 2. The Labute approximate surface area is 190 Å². The van der Waals surface area contributed by atoms with Crippen molar-refractivity contribution in [2.24, 2.45) is 5.92 Å². The number of sulfonamides is 1. The number of benzene rings is 2. The summed E-state index contributed by atoms with van der Waals surface area (Å²) in [5.74, 6) is 0.167. The van der Waals surface area contributed by atoms with Crippen LogP contribution in [0.4, 0.5) is 0 Å². The minimum Gasteiger partial charge on any atom is -0.311 e. The predicted octanol–water partition coefficient (Wildman–Crippen LogP) is 4.54. The van der Waals surface area contributed by atoms with E-state index in [1.54, 1.807) is 39.9 Å². The topological polar surface area (TPSA) is 59.4 Å². The van der Waals surface area contributed by atoms with Crippen molar-refractivity contribution in [2.75, 3.05) is 13.1 Å². The maximum Gasteiger partial charge on any atom is 0.259 e. The number of thiophene rings is 1. The Balaban J connectivity index is 1.37. The summed E-state index contributed by atoms with van der Waals surface area (Å²) < 4.78 is 31.0. The summed E-state index contributed by atoms with van der Waals surface area (Å²) in [5.41, 5.74) is 1.70. The molecule has 2 aliphatic heterocycles. The van der Waals surface area contributed by atoms with E-state index in [2.05, 4.69) is 18.2 Å². The normalized spacial score (nSPS) is 20.9. The molecule has 2 aromatic carbocycles. The van der Waals surface area contributed by atoms with Crippen LogP contribution in [0.3, 0.4) is 0 Å². The van der Waals surface area contributed by atoms with Crippen molar-refractivity contribution in [3.05, 3.63) is 88.8 Å². The van der Waals surface area contributed by atoms with E-state index in [1.807, 2.05) is 34.9 Å². The molecular weight excluding hydrogens is 440 g/mol. The SMILES string of the molecule is O=c1c(-c2cc3ccccc3s2)ccc2n1CC1CC2CN(S(=O)(=O)c2ccccc2)C1.